The molecule has 1 saturated heterocycles. The molecule has 2 unspecified atom stereocenters. The van der Waals surface area contributed by atoms with Gasteiger partial charge < -0.3 is 0 Å². The van der Waals surface area contributed by atoms with Gasteiger partial charge in [-0.2, -0.15) is 5.26 Å². The van der Waals surface area contributed by atoms with Gasteiger partial charge in [0, 0.05) is 25.2 Å². The average Bonchev–Trinajstić information content (AvgIpc) is 3.20. The van der Waals surface area contributed by atoms with Crippen LogP contribution < -0.4 is 0 Å². The molecule has 1 aliphatic rings. The van der Waals surface area contributed by atoms with Gasteiger partial charge in [0.25, 0.3) is 0 Å². The lowest BCUT2D eigenvalue weighted by Crippen LogP contribution is -2.38. The first-order valence-electron chi connectivity index (χ1n) is 9.47. The van der Waals surface area contributed by atoms with E-state index in [1.54, 1.807) is 6.20 Å². The molecule has 0 N–H and O–H groups in total. The molecule has 3 aromatic rings. The van der Waals surface area contributed by atoms with E-state index in [4.69, 9.17) is 0 Å². The molecule has 2 atom stereocenters. The SMILES string of the molecule is N#CC(c1ccccc1)(c1ccccn1)C1CCN(Cc2ccccc2)C1. The maximum absolute atomic E-state index is 10.4. The van der Waals surface area contributed by atoms with E-state index in [9.17, 15) is 5.26 Å². The van der Waals surface area contributed by atoms with Gasteiger partial charge in [0.1, 0.15) is 5.41 Å². The Hall–Kier alpha value is -2.96. The van der Waals surface area contributed by atoms with Gasteiger partial charge in [-0.1, -0.05) is 66.7 Å². The van der Waals surface area contributed by atoms with Crippen molar-refractivity contribution in [2.45, 2.75) is 18.4 Å². The van der Waals surface area contributed by atoms with E-state index >= 15 is 0 Å². The van der Waals surface area contributed by atoms with Crippen LogP contribution in [0.2, 0.25) is 0 Å². The van der Waals surface area contributed by atoms with Crippen LogP contribution in [-0.4, -0.2) is 23.0 Å². The molecule has 3 heteroatoms. The molecule has 0 spiro atoms. The summed E-state index contributed by atoms with van der Waals surface area (Å²) < 4.78 is 0. The normalized spacial score (nSPS) is 19.3. The van der Waals surface area contributed by atoms with Crippen LogP contribution in [0.15, 0.2) is 85.1 Å². The standard InChI is InChI=1S/C24H23N3/c25-19-24(21-11-5-2-6-12-21,23-13-7-8-15-26-23)22-14-16-27(18-22)17-20-9-3-1-4-10-20/h1-13,15,22H,14,16-18H2. The molecule has 4 rings (SSSR count). The zero-order chi connectivity index (χ0) is 18.5. The second-order valence-corrected chi connectivity index (χ2v) is 7.21. The van der Waals surface area contributed by atoms with Gasteiger partial charge in [-0.25, -0.2) is 0 Å². The van der Waals surface area contributed by atoms with Gasteiger partial charge in [-0.3, -0.25) is 9.88 Å². The van der Waals surface area contributed by atoms with Crippen molar-refractivity contribution in [3.05, 3.63) is 102 Å². The van der Waals surface area contributed by atoms with Crippen LogP contribution in [0.25, 0.3) is 0 Å². The molecule has 1 fully saturated rings. The van der Waals surface area contributed by atoms with Crippen molar-refractivity contribution in [3.63, 3.8) is 0 Å². The fraction of sp³-hybridized carbons (Fsp3) is 0.250. The van der Waals surface area contributed by atoms with Gasteiger partial charge in [-0.15, -0.1) is 0 Å². The first-order chi connectivity index (χ1) is 13.3. The van der Waals surface area contributed by atoms with E-state index in [2.05, 4.69) is 52.4 Å². The quantitative estimate of drug-likeness (QED) is 0.682. The molecule has 0 radical (unpaired) electrons. The van der Waals surface area contributed by atoms with Crippen molar-refractivity contribution in [1.82, 2.24) is 9.88 Å². The number of hydrogen-bond donors (Lipinski definition) is 0. The third-order valence-corrected chi connectivity index (χ3v) is 5.61. The van der Waals surface area contributed by atoms with E-state index in [1.165, 1.54) is 5.56 Å². The average molecular weight is 353 g/mol. The van der Waals surface area contributed by atoms with E-state index in [1.807, 2.05) is 42.5 Å². The third-order valence-electron chi connectivity index (χ3n) is 5.61. The monoisotopic (exact) mass is 353 g/mol. The van der Waals surface area contributed by atoms with Crippen LogP contribution >= 0.6 is 0 Å². The number of nitriles is 1. The molecule has 134 valence electrons. The van der Waals surface area contributed by atoms with Crippen LogP contribution in [0, 0.1) is 17.2 Å². The van der Waals surface area contributed by atoms with E-state index < -0.39 is 5.41 Å². The predicted octanol–water partition coefficient (Wildman–Crippen LogP) is 4.41. The maximum Gasteiger partial charge on any atom is 0.128 e. The molecular weight excluding hydrogens is 330 g/mol. The van der Waals surface area contributed by atoms with Gasteiger partial charge >= 0.3 is 0 Å². The molecule has 2 aromatic carbocycles. The molecule has 2 heterocycles. The minimum Gasteiger partial charge on any atom is -0.299 e. The van der Waals surface area contributed by atoms with Crippen molar-refractivity contribution in [1.29, 1.82) is 5.26 Å². The second-order valence-electron chi connectivity index (χ2n) is 7.21. The van der Waals surface area contributed by atoms with Crippen molar-refractivity contribution < 1.29 is 0 Å². The highest BCUT2D eigenvalue weighted by molar-refractivity contribution is 5.44. The molecule has 0 bridgehead atoms. The Kier molecular flexibility index (Phi) is 5.00. The molecule has 0 saturated carbocycles. The Balaban J connectivity index is 1.67. The Morgan fingerprint density at radius 3 is 2.33 bits per heavy atom. The lowest BCUT2D eigenvalue weighted by molar-refractivity contribution is 0.296. The number of benzene rings is 2. The molecule has 0 amide bonds. The summed E-state index contributed by atoms with van der Waals surface area (Å²) >= 11 is 0. The molecule has 3 nitrogen and oxygen atoms in total. The van der Waals surface area contributed by atoms with E-state index in [-0.39, 0.29) is 5.92 Å². The number of hydrogen-bond acceptors (Lipinski definition) is 3. The Bertz CT molecular complexity index is 861. The molecule has 0 aliphatic carbocycles. The van der Waals surface area contributed by atoms with Gasteiger partial charge in [0.05, 0.1) is 11.8 Å². The van der Waals surface area contributed by atoms with E-state index in [0.717, 1.165) is 37.3 Å². The predicted molar refractivity (Wildman–Crippen MR) is 107 cm³/mol. The summed E-state index contributed by atoms with van der Waals surface area (Å²) in [5, 5.41) is 10.4. The fourth-order valence-corrected chi connectivity index (χ4v) is 4.27. The Morgan fingerprint density at radius 1 is 0.963 bits per heavy atom. The summed E-state index contributed by atoms with van der Waals surface area (Å²) in [7, 11) is 0. The zero-order valence-electron chi connectivity index (χ0n) is 15.3. The number of nitrogens with zero attached hydrogens (tertiary/aromatic N) is 3. The van der Waals surface area contributed by atoms with Crippen LogP contribution in [0.4, 0.5) is 0 Å². The summed E-state index contributed by atoms with van der Waals surface area (Å²) in [6.45, 7) is 2.83. The summed E-state index contributed by atoms with van der Waals surface area (Å²) in [5.74, 6) is 0.212. The summed E-state index contributed by atoms with van der Waals surface area (Å²) in [6, 6.07) is 29.3. The molecule has 1 aromatic heterocycles. The second kappa shape index (κ2) is 7.73. The van der Waals surface area contributed by atoms with Crippen LogP contribution in [0.5, 0.6) is 0 Å². The van der Waals surface area contributed by atoms with Gasteiger partial charge in [0.2, 0.25) is 0 Å². The van der Waals surface area contributed by atoms with Crippen molar-refractivity contribution >= 4 is 0 Å². The molecule has 27 heavy (non-hydrogen) atoms. The minimum atomic E-state index is -0.714. The first kappa shape index (κ1) is 17.5. The van der Waals surface area contributed by atoms with Crippen LogP contribution in [-0.2, 0) is 12.0 Å². The zero-order valence-corrected chi connectivity index (χ0v) is 15.3. The topological polar surface area (TPSA) is 39.9 Å². The number of rotatable bonds is 5. The smallest absolute Gasteiger partial charge is 0.128 e. The number of aromatic nitrogens is 1. The highest BCUT2D eigenvalue weighted by atomic mass is 15.1. The highest BCUT2D eigenvalue weighted by Gasteiger charge is 2.46. The largest absolute Gasteiger partial charge is 0.299 e. The highest BCUT2D eigenvalue weighted by Crippen LogP contribution is 2.42. The van der Waals surface area contributed by atoms with E-state index in [0.29, 0.717) is 0 Å². The molecular formula is C24H23N3. The van der Waals surface area contributed by atoms with Gasteiger partial charge in [0.15, 0.2) is 0 Å². The fourth-order valence-electron chi connectivity index (χ4n) is 4.27. The lowest BCUT2D eigenvalue weighted by Gasteiger charge is -2.33. The first-order valence-corrected chi connectivity index (χ1v) is 9.47. The number of pyridine rings is 1. The van der Waals surface area contributed by atoms with Crippen molar-refractivity contribution in [3.8, 4) is 6.07 Å². The van der Waals surface area contributed by atoms with Crippen LogP contribution in [0.1, 0.15) is 23.2 Å². The summed E-state index contributed by atoms with van der Waals surface area (Å²) in [5.41, 5.74) is 2.50. The summed E-state index contributed by atoms with van der Waals surface area (Å²) in [4.78, 5) is 7.07. The minimum absolute atomic E-state index is 0.212. The number of likely N-dealkylation sites (tertiary alicyclic amines) is 1. The van der Waals surface area contributed by atoms with Gasteiger partial charge in [-0.05, 0) is 36.2 Å². The lowest BCUT2D eigenvalue weighted by atomic mass is 9.68. The summed E-state index contributed by atoms with van der Waals surface area (Å²) in [6.07, 6.45) is 2.78. The third kappa shape index (κ3) is 3.37. The Labute approximate surface area is 160 Å². The molecule has 1 aliphatic heterocycles. The van der Waals surface area contributed by atoms with Crippen molar-refractivity contribution in [2.75, 3.05) is 13.1 Å². The Morgan fingerprint density at radius 2 is 1.67 bits per heavy atom. The van der Waals surface area contributed by atoms with Crippen molar-refractivity contribution in [2.24, 2.45) is 5.92 Å². The maximum atomic E-state index is 10.4. The van der Waals surface area contributed by atoms with Crippen LogP contribution in [0.3, 0.4) is 0 Å².